The van der Waals surface area contributed by atoms with Gasteiger partial charge in [0.25, 0.3) is 0 Å². The smallest absolute Gasteiger partial charge is 0.243 e. The molecule has 0 saturated heterocycles. The van der Waals surface area contributed by atoms with Crippen LogP contribution < -0.4 is 10.6 Å². The Balaban J connectivity index is 2.01. The van der Waals surface area contributed by atoms with Gasteiger partial charge in [-0.25, -0.2) is 8.42 Å². The van der Waals surface area contributed by atoms with Crippen LogP contribution >= 0.6 is 0 Å². The van der Waals surface area contributed by atoms with Crippen molar-refractivity contribution in [3.8, 4) is 6.07 Å². The van der Waals surface area contributed by atoms with Crippen LogP contribution in [-0.4, -0.2) is 48.9 Å². The molecule has 2 aromatic rings. The summed E-state index contributed by atoms with van der Waals surface area (Å²) in [5.74, 6) is 0.370. The number of carbonyl (C=O) groups is 1. The summed E-state index contributed by atoms with van der Waals surface area (Å²) in [6, 6.07) is 8.71. The molecule has 1 saturated carbocycles. The largest absolute Gasteiger partial charge is 0.394 e. The Hall–Kier alpha value is -3.16. The zero-order chi connectivity index (χ0) is 24.8. The number of nitriles is 1. The number of hydrogen-bond donors (Lipinski definition) is 2. The molecule has 3 rings (SSSR count). The molecule has 182 valence electrons. The number of nitrogens with one attached hydrogen (secondary N) is 2. The zero-order valence-corrected chi connectivity index (χ0v) is 20.7. The van der Waals surface area contributed by atoms with Gasteiger partial charge in [0.2, 0.25) is 10.0 Å². The van der Waals surface area contributed by atoms with E-state index < -0.39 is 15.6 Å². The van der Waals surface area contributed by atoms with Gasteiger partial charge in [-0.3, -0.25) is 9.48 Å². The highest BCUT2D eigenvalue weighted by Crippen LogP contribution is 2.41. The number of rotatable bonds is 11. The topological polar surface area (TPSA) is 120 Å². The standard InChI is InChI=1S/C24H32N6O3S/c1-4-29(5-2)34(32,33)20-10-8-19(9-11-20)27-23-21(18-31)22(12-17-26-3)30(28-23)24(15-16-25)13-6-7-14-24/h8-12,17-18,26H,4-7,13-15H2,1-3H3,(H,27,28)/b17-12-. The van der Waals surface area contributed by atoms with Crippen molar-refractivity contribution in [2.75, 3.05) is 25.5 Å². The average Bonchev–Trinajstić information content (AvgIpc) is 3.44. The number of aromatic nitrogens is 2. The van der Waals surface area contributed by atoms with Gasteiger partial charge in [0, 0.05) is 25.8 Å². The van der Waals surface area contributed by atoms with E-state index in [1.807, 2.05) is 4.68 Å². The van der Waals surface area contributed by atoms with E-state index >= 15 is 0 Å². The van der Waals surface area contributed by atoms with Gasteiger partial charge < -0.3 is 10.6 Å². The summed E-state index contributed by atoms with van der Waals surface area (Å²) in [6.07, 6.45) is 8.22. The molecule has 9 nitrogen and oxygen atoms in total. The molecule has 2 N–H and O–H groups in total. The van der Waals surface area contributed by atoms with Crippen molar-refractivity contribution < 1.29 is 13.2 Å². The molecule has 1 heterocycles. The van der Waals surface area contributed by atoms with Gasteiger partial charge in [-0.05, 0) is 49.4 Å². The third kappa shape index (κ3) is 4.86. The van der Waals surface area contributed by atoms with Crippen molar-refractivity contribution in [2.45, 2.75) is 56.4 Å². The van der Waals surface area contributed by atoms with Gasteiger partial charge in [-0.2, -0.15) is 14.7 Å². The van der Waals surface area contributed by atoms with Gasteiger partial charge in [-0.15, -0.1) is 0 Å². The third-order valence-electron chi connectivity index (χ3n) is 6.34. The number of carbonyl (C=O) groups excluding carboxylic acids is 1. The summed E-state index contributed by atoms with van der Waals surface area (Å²) >= 11 is 0. The van der Waals surface area contributed by atoms with E-state index in [0.29, 0.717) is 42.3 Å². The Morgan fingerprint density at radius 1 is 1.21 bits per heavy atom. The van der Waals surface area contributed by atoms with Crippen molar-refractivity contribution in [3.05, 3.63) is 41.7 Å². The molecule has 0 amide bonds. The van der Waals surface area contributed by atoms with Gasteiger partial charge in [0.15, 0.2) is 12.1 Å². The third-order valence-corrected chi connectivity index (χ3v) is 8.40. The Morgan fingerprint density at radius 3 is 2.38 bits per heavy atom. The summed E-state index contributed by atoms with van der Waals surface area (Å²) in [5, 5.41) is 20.4. The van der Waals surface area contributed by atoms with Crippen molar-refractivity contribution >= 4 is 33.9 Å². The predicted octanol–water partition coefficient (Wildman–Crippen LogP) is 3.84. The van der Waals surface area contributed by atoms with Crippen molar-refractivity contribution in [3.63, 3.8) is 0 Å². The quantitative estimate of drug-likeness (QED) is 0.465. The van der Waals surface area contributed by atoms with Crippen LogP contribution in [0, 0.1) is 11.3 Å². The lowest BCUT2D eigenvalue weighted by molar-refractivity contribution is 0.112. The van der Waals surface area contributed by atoms with E-state index in [2.05, 4.69) is 16.7 Å². The molecule has 0 unspecified atom stereocenters. The first kappa shape index (κ1) is 25.5. The fourth-order valence-electron chi connectivity index (χ4n) is 4.54. The molecule has 1 fully saturated rings. The van der Waals surface area contributed by atoms with E-state index in [4.69, 9.17) is 5.10 Å². The lowest BCUT2D eigenvalue weighted by atomic mass is 9.93. The van der Waals surface area contributed by atoms with Crippen LogP contribution in [0.25, 0.3) is 6.08 Å². The maximum Gasteiger partial charge on any atom is 0.243 e. The van der Waals surface area contributed by atoms with Crippen LogP contribution in [0.5, 0.6) is 0 Å². The van der Waals surface area contributed by atoms with Crippen LogP contribution in [0.1, 0.15) is 62.0 Å². The molecular weight excluding hydrogens is 452 g/mol. The predicted molar refractivity (Wildman–Crippen MR) is 132 cm³/mol. The van der Waals surface area contributed by atoms with Crippen LogP contribution in [0.4, 0.5) is 11.5 Å². The number of anilines is 2. The number of nitrogens with zero attached hydrogens (tertiary/aromatic N) is 4. The maximum absolute atomic E-state index is 12.8. The molecule has 1 aromatic heterocycles. The van der Waals surface area contributed by atoms with Gasteiger partial charge >= 0.3 is 0 Å². The average molecular weight is 485 g/mol. The number of hydrogen-bond acceptors (Lipinski definition) is 7. The lowest BCUT2D eigenvalue weighted by Gasteiger charge is -2.28. The lowest BCUT2D eigenvalue weighted by Crippen LogP contribution is -2.32. The van der Waals surface area contributed by atoms with Crippen molar-refractivity contribution in [2.24, 2.45) is 0 Å². The van der Waals surface area contributed by atoms with E-state index in [0.717, 1.165) is 32.0 Å². The van der Waals surface area contributed by atoms with Gasteiger partial charge in [-0.1, -0.05) is 26.7 Å². The van der Waals surface area contributed by atoms with E-state index in [-0.39, 0.29) is 4.90 Å². The second kappa shape index (κ2) is 10.8. The molecule has 1 aromatic carbocycles. The first-order valence-corrected chi connectivity index (χ1v) is 13.0. The Bertz CT molecular complexity index is 1170. The maximum atomic E-state index is 12.8. The van der Waals surface area contributed by atoms with Crippen LogP contribution in [0.2, 0.25) is 0 Å². The molecular formula is C24H32N6O3S. The normalized spacial score (nSPS) is 15.5. The molecule has 1 aliphatic carbocycles. The SMILES string of the molecule is CCN(CC)S(=O)(=O)c1ccc(Nc2nn(C3(CC#N)CCCC3)c(/C=C\NC)c2C=O)cc1. The molecule has 0 spiro atoms. The van der Waals surface area contributed by atoms with Crippen molar-refractivity contribution in [1.29, 1.82) is 5.26 Å². The monoisotopic (exact) mass is 484 g/mol. The second-order valence-electron chi connectivity index (χ2n) is 8.30. The number of sulfonamides is 1. The molecule has 1 aliphatic rings. The Morgan fingerprint density at radius 2 is 1.85 bits per heavy atom. The van der Waals surface area contributed by atoms with Crippen LogP contribution in [0.15, 0.2) is 35.4 Å². The van der Waals surface area contributed by atoms with E-state index in [9.17, 15) is 18.5 Å². The van der Waals surface area contributed by atoms with Gasteiger partial charge in [0.05, 0.1) is 34.2 Å². The Kier molecular flexibility index (Phi) is 8.12. The highest BCUT2D eigenvalue weighted by atomic mass is 32.2. The number of benzene rings is 1. The second-order valence-corrected chi connectivity index (χ2v) is 10.2. The van der Waals surface area contributed by atoms with E-state index in [1.165, 1.54) is 4.31 Å². The highest BCUT2D eigenvalue weighted by molar-refractivity contribution is 7.89. The van der Waals surface area contributed by atoms with E-state index in [1.54, 1.807) is 57.4 Å². The van der Waals surface area contributed by atoms with Crippen LogP contribution in [0.3, 0.4) is 0 Å². The summed E-state index contributed by atoms with van der Waals surface area (Å²) in [4.78, 5) is 12.3. The summed E-state index contributed by atoms with van der Waals surface area (Å²) in [7, 11) is -1.79. The minimum absolute atomic E-state index is 0.208. The molecule has 0 radical (unpaired) electrons. The molecule has 0 aliphatic heterocycles. The fraction of sp³-hybridized carbons (Fsp3) is 0.458. The van der Waals surface area contributed by atoms with Crippen LogP contribution in [-0.2, 0) is 15.6 Å². The molecule has 34 heavy (non-hydrogen) atoms. The minimum atomic E-state index is -3.56. The zero-order valence-electron chi connectivity index (χ0n) is 19.9. The minimum Gasteiger partial charge on any atom is -0.394 e. The molecule has 0 bridgehead atoms. The number of aldehydes is 1. The van der Waals surface area contributed by atoms with Gasteiger partial charge in [0.1, 0.15) is 0 Å². The summed E-state index contributed by atoms with van der Waals surface area (Å²) in [5.41, 5.74) is 1.16. The summed E-state index contributed by atoms with van der Waals surface area (Å²) in [6.45, 7) is 4.40. The first-order valence-electron chi connectivity index (χ1n) is 11.5. The highest BCUT2D eigenvalue weighted by Gasteiger charge is 2.39. The van der Waals surface area contributed by atoms with Crippen molar-refractivity contribution in [1.82, 2.24) is 19.4 Å². The molecule has 10 heteroatoms. The first-order chi connectivity index (χ1) is 16.4. The fourth-order valence-corrected chi connectivity index (χ4v) is 6.00. The molecule has 0 atom stereocenters. The summed E-state index contributed by atoms with van der Waals surface area (Å²) < 4.78 is 28.7. The Labute approximate surface area is 201 Å².